The zero-order chi connectivity index (χ0) is 21.1. The van der Waals surface area contributed by atoms with Crippen molar-refractivity contribution in [1.82, 2.24) is 16.0 Å². The Morgan fingerprint density at radius 1 is 1.13 bits per heavy atom. The maximum atomic E-state index is 13.0. The maximum absolute atomic E-state index is 13.0. The second-order valence-corrected chi connectivity index (χ2v) is 6.65. The first kappa shape index (κ1) is 25.7. The average molecular weight is 528 g/mol. The highest BCUT2D eigenvalue weighted by Gasteiger charge is 2.08. The largest absolute Gasteiger partial charge is 0.489 e. The van der Waals surface area contributed by atoms with Crippen molar-refractivity contribution in [2.45, 2.75) is 32.9 Å². The first-order chi connectivity index (χ1) is 14.0. The molecule has 0 bridgehead atoms. The molecule has 164 valence electrons. The molecule has 0 saturated carbocycles. The summed E-state index contributed by atoms with van der Waals surface area (Å²) >= 11 is 0. The lowest BCUT2D eigenvalue weighted by Crippen LogP contribution is -2.41. The van der Waals surface area contributed by atoms with Gasteiger partial charge >= 0.3 is 0 Å². The molecule has 1 unspecified atom stereocenters. The van der Waals surface area contributed by atoms with E-state index in [0.717, 1.165) is 12.0 Å². The number of ether oxygens (including phenoxy) is 1. The van der Waals surface area contributed by atoms with Crippen LogP contribution in [0.4, 0.5) is 4.39 Å². The lowest BCUT2D eigenvalue weighted by atomic mass is 10.1. The smallest absolute Gasteiger partial charge is 0.251 e. The van der Waals surface area contributed by atoms with Gasteiger partial charge in [0.1, 0.15) is 17.7 Å². The number of nitrogens with one attached hydrogen (secondary N) is 3. The van der Waals surface area contributed by atoms with Gasteiger partial charge in [0.05, 0.1) is 6.54 Å². The van der Waals surface area contributed by atoms with Gasteiger partial charge in [0.2, 0.25) is 0 Å². The standard InChI is InChI=1S/C22H29FN4O2.HI/c1-4-12-25-21(28)18-7-5-6-17(13-18)15-27-22(24-3)26-14-16(2)29-20-10-8-19(23)9-11-20;/h5-11,13,16H,4,12,14-15H2,1-3H3,(H,25,28)(H2,24,26,27);1H. The normalized spacial score (nSPS) is 11.8. The maximum Gasteiger partial charge on any atom is 0.251 e. The molecule has 3 N–H and O–H groups in total. The van der Waals surface area contributed by atoms with Crippen LogP contribution in [0.1, 0.15) is 36.2 Å². The highest BCUT2D eigenvalue weighted by Crippen LogP contribution is 2.12. The molecule has 0 aliphatic heterocycles. The van der Waals surface area contributed by atoms with E-state index in [4.69, 9.17) is 4.74 Å². The molecule has 0 aliphatic carbocycles. The van der Waals surface area contributed by atoms with Gasteiger partial charge in [-0.3, -0.25) is 9.79 Å². The lowest BCUT2D eigenvalue weighted by Gasteiger charge is -2.18. The summed E-state index contributed by atoms with van der Waals surface area (Å²) in [5.74, 6) is 0.879. The molecule has 6 nitrogen and oxygen atoms in total. The first-order valence-electron chi connectivity index (χ1n) is 9.75. The summed E-state index contributed by atoms with van der Waals surface area (Å²) in [6.07, 6.45) is 0.766. The number of carbonyl (C=O) groups excluding carboxylic acids is 1. The van der Waals surface area contributed by atoms with Crippen molar-refractivity contribution in [3.05, 3.63) is 65.5 Å². The Balaban J connectivity index is 0.00000450. The van der Waals surface area contributed by atoms with E-state index in [2.05, 4.69) is 20.9 Å². The summed E-state index contributed by atoms with van der Waals surface area (Å²) in [7, 11) is 1.69. The summed E-state index contributed by atoms with van der Waals surface area (Å²) in [5.41, 5.74) is 1.62. The van der Waals surface area contributed by atoms with Crippen molar-refractivity contribution < 1.29 is 13.9 Å². The van der Waals surface area contributed by atoms with Gasteiger partial charge in [-0.2, -0.15) is 0 Å². The lowest BCUT2D eigenvalue weighted by molar-refractivity contribution is 0.0953. The van der Waals surface area contributed by atoms with E-state index in [0.29, 0.717) is 36.9 Å². The molecule has 1 atom stereocenters. The number of aliphatic imine (C=N–C) groups is 1. The van der Waals surface area contributed by atoms with Crippen molar-refractivity contribution in [1.29, 1.82) is 0 Å². The van der Waals surface area contributed by atoms with Crippen LogP contribution in [0.2, 0.25) is 0 Å². The number of guanidine groups is 1. The van der Waals surface area contributed by atoms with Crippen LogP contribution >= 0.6 is 24.0 Å². The first-order valence-corrected chi connectivity index (χ1v) is 9.75. The van der Waals surface area contributed by atoms with E-state index in [1.165, 1.54) is 12.1 Å². The molecule has 30 heavy (non-hydrogen) atoms. The minimum Gasteiger partial charge on any atom is -0.489 e. The number of amides is 1. The third-order valence-corrected chi connectivity index (χ3v) is 4.12. The number of hydrogen-bond acceptors (Lipinski definition) is 3. The minimum atomic E-state index is -0.292. The summed E-state index contributed by atoms with van der Waals surface area (Å²) in [5, 5.41) is 9.30. The zero-order valence-corrected chi connectivity index (χ0v) is 19.9. The molecule has 0 saturated heterocycles. The molecule has 0 radical (unpaired) electrons. The van der Waals surface area contributed by atoms with Gasteiger partial charge in [-0.15, -0.1) is 24.0 Å². The van der Waals surface area contributed by atoms with E-state index >= 15 is 0 Å². The molecule has 0 heterocycles. The second-order valence-electron chi connectivity index (χ2n) is 6.65. The Kier molecular flexibility index (Phi) is 11.8. The van der Waals surface area contributed by atoms with Crippen LogP contribution in [0.25, 0.3) is 0 Å². The molecule has 2 rings (SSSR count). The van der Waals surface area contributed by atoms with Gasteiger partial charge in [-0.1, -0.05) is 19.1 Å². The zero-order valence-electron chi connectivity index (χ0n) is 17.6. The number of carbonyl (C=O) groups is 1. The molecule has 0 spiro atoms. The fourth-order valence-electron chi connectivity index (χ4n) is 2.60. The highest BCUT2D eigenvalue weighted by atomic mass is 127. The topological polar surface area (TPSA) is 74.8 Å². The van der Waals surface area contributed by atoms with E-state index in [9.17, 15) is 9.18 Å². The number of hydrogen-bond donors (Lipinski definition) is 3. The van der Waals surface area contributed by atoms with Gasteiger partial charge in [-0.25, -0.2) is 4.39 Å². The van der Waals surface area contributed by atoms with Crippen LogP contribution in [0.15, 0.2) is 53.5 Å². The average Bonchev–Trinajstić information content (AvgIpc) is 2.74. The SMILES string of the molecule is CCCNC(=O)c1cccc(CNC(=NC)NCC(C)Oc2ccc(F)cc2)c1.I. The molecular formula is C22H30FIN4O2. The van der Waals surface area contributed by atoms with Crippen LogP contribution in [-0.4, -0.2) is 38.1 Å². The van der Waals surface area contributed by atoms with Crippen molar-refractivity contribution in [2.75, 3.05) is 20.1 Å². The van der Waals surface area contributed by atoms with Gasteiger partial charge in [0, 0.05) is 25.7 Å². The van der Waals surface area contributed by atoms with Gasteiger partial charge in [-0.05, 0) is 55.3 Å². The van der Waals surface area contributed by atoms with Crippen LogP contribution in [0.5, 0.6) is 5.75 Å². The number of benzene rings is 2. The summed E-state index contributed by atoms with van der Waals surface area (Å²) in [4.78, 5) is 16.3. The third kappa shape index (κ3) is 8.98. The molecule has 8 heteroatoms. The predicted octanol–water partition coefficient (Wildman–Crippen LogP) is 3.72. The monoisotopic (exact) mass is 528 g/mol. The number of rotatable bonds is 9. The fourth-order valence-corrected chi connectivity index (χ4v) is 2.60. The Morgan fingerprint density at radius 2 is 1.87 bits per heavy atom. The molecule has 2 aromatic rings. The second kappa shape index (κ2) is 13.8. The summed E-state index contributed by atoms with van der Waals surface area (Å²) in [6, 6.07) is 13.4. The Labute approximate surface area is 194 Å². The van der Waals surface area contributed by atoms with Crippen LogP contribution in [0.3, 0.4) is 0 Å². The number of halogens is 2. The van der Waals surface area contributed by atoms with E-state index < -0.39 is 0 Å². The van der Waals surface area contributed by atoms with Crippen molar-refractivity contribution >= 4 is 35.8 Å². The van der Waals surface area contributed by atoms with Gasteiger partial charge < -0.3 is 20.7 Å². The van der Waals surface area contributed by atoms with Gasteiger partial charge in [0.15, 0.2) is 5.96 Å². The van der Waals surface area contributed by atoms with E-state index in [1.54, 1.807) is 25.2 Å². The van der Waals surface area contributed by atoms with Crippen molar-refractivity contribution in [3.63, 3.8) is 0 Å². The quantitative estimate of drug-likeness (QED) is 0.264. The number of nitrogens with zero attached hydrogens (tertiary/aromatic N) is 1. The summed E-state index contributed by atoms with van der Waals surface area (Å²) < 4.78 is 18.7. The molecule has 0 aliphatic rings. The molecule has 0 fully saturated rings. The Hall–Kier alpha value is -2.36. The van der Waals surface area contributed by atoms with Crippen LogP contribution < -0.4 is 20.7 Å². The van der Waals surface area contributed by atoms with Crippen molar-refractivity contribution in [3.8, 4) is 5.75 Å². The Bertz CT molecular complexity index is 815. The van der Waals surface area contributed by atoms with E-state index in [1.807, 2.05) is 32.0 Å². The molecule has 1 amide bonds. The molecular weight excluding hydrogens is 498 g/mol. The highest BCUT2D eigenvalue weighted by molar-refractivity contribution is 14.0. The van der Waals surface area contributed by atoms with Crippen LogP contribution in [0, 0.1) is 5.82 Å². The fraction of sp³-hybridized carbons (Fsp3) is 0.364. The molecule has 2 aromatic carbocycles. The van der Waals surface area contributed by atoms with Gasteiger partial charge in [0.25, 0.3) is 5.91 Å². The minimum absolute atomic E-state index is 0. The van der Waals surface area contributed by atoms with Crippen molar-refractivity contribution in [2.24, 2.45) is 4.99 Å². The molecule has 0 aromatic heterocycles. The third-order valence-electron chi connectivity index (χ3n) is 4.12. The Morgan fingerprint density at radius 3 is 2.53 bits per heavy atom. The predicted molar refractivity (Wildman–Crippen MR) is 129 cm³/mol. The van der Waals surface area contributed by atoms with E-state index in [-0.39, 0.29) is 41.8 Å². The van der Waals surface area contributed by atoms with Crippen LogP contribution in [-0.2, 0) is 6.54 Å². The summed E-state index contributed by atoms with van der Waals surface area (Å²) in [6.45, 7) is 5.65.